The summed E-state index contributed by atoms with van der Waals surface area (Å²) >= 11 is 6.18. The first-order valence-corrected chi connectivity index (χ1v) is 7.27. The zero-order chi connectivity index (χ0) is 13.1. The maximum Gasteiger partial charge on any atom is 0.132 e. The Morgan fingerprint density at radius 1 is 1.39 bits per heavy atom. The normalized spacial score (nSPS) is 19.0. The molecule has 18 heavy (non-hydrogen) atoms. The molecule has 4 heteroatoms. The van der Waals surface area contributed by atoms with E-state index in [1.165, 1.54) is 0 Å². The van der Waals surface area contributed by atoms with Crippen LogP contribution < -0.4 is 4.90 Å². The van der Waals surface area contributed by atoms with Gasteiger partial charge in [0.1, 0.15) is 11.6 Å². The van der Waals surface area contributed by atoms with Crippen LogP contribution in [0.5, 0.6) is 0 Å². The number of aryl methyl sites for hydroxylation is 2. The van der Waals surface area contributed by atoms with Gasteiger partial charge in [0.05, 0.1) is 0 Å². The molecule has 0 bridgehead atoms. The highest BCUT2D eigenvalue weighted by Crippen LogP contribution is 2.26. The Morgan fingerprint density at radius 2 is 2.06 bits per heavy atom. The standard InChI is InChI=1S/C14H22ClN3/c1-4-13-9-14(17-11(3)16-13)18-7-5-12(6-8-18)10(2)15/h9-10,12H,4-8H2,1-3H3. The third kappa shape index (κ3) is 3.14. The summed E-state index contributed by atoms with van der Waals surface area (Å²) in [6, 6.07) is 2.12. The van der Waals surface area contributed by atoms with Crippen LogP contribution in [0, 0.1) is 12.8 Å². The maximum absolute atomic E-state index is 6.18. The molecule has 1 unspecified atom stereocenters. The minimum Gasteiger partial charge on any atom is -0.356 e. The predicted molar refractivity (Wildman–Crippen MR) is 76.4 cm³/mol. The fraction of sp³-hybridized carbons (Fsp3) is 0.714. The zero-order valence-corrected chi connectivity index (χ0v) is 12.2. The van der Waals surface area contributed by atoms with E-state index in [9.17, 15) is 0 Å². The summed E-state index contributed by atoms with van der Waals surface area (Å²) in [5.41, 5.74) is 1.13. The molecule has 0 radical (unpaired) electrons. The molecule has 1 aliphatic rings. The Morgan fingerprint density at radius 3 is 2.61 bits per heavy atom. The zero-order valence-electron chi connectivity index (χ0n) is 11.5. The fourth-order valence-corrected chi connectivity index (χ4v) is 2.80. The van der Waals surface area contributed by atoms with Gasteiger partial charge in [-0.05, 0) is 39.0 Å². The van der Waals surface area contributed by atoms with E-state index in [0.717, 1.165) is 49.7 Å². The van der Waals surface area contributed by atoms with E-state index in [1.807, 2.05) is 6.92 Å². The van der Waals surface area contributed by atoms with E-state index in [-0.39, 0.29) is 5.38 Å². The average molecular weight is 268 g/mol. The molecule has 100 valence electrons. The maximum atomic E-state index is 6.18. The molecule has 0 spiro atoms. The van der Waals surface area contributed by atoms with E-state index in [1.54, 1.807) is 0 Å². The molecule has 0 amide bonds. The molecule has 1 aliphatic heterocycles. The summed E-state index contributed by atoms with van der Waals surface area (Å²) in [4.78, 5) is 11.4. The summed E-state index contributed by atoms with van der Waals surface area (Å²) in [7, 11) is 0. The van der Waals surface area contributed by atoms with Gasteiger partial charge in [-0.25, -0.2) is 9.97 Å². The lowest BCUT2D eigenvalue weighted by Gasteiger charge is -2.34. The van der Waals surface area contributed by atoms with Gasteiger partial charge in [-0.15, -0.1) is 11.6 Å². The van der Waals surface area contributed by atoms with Gasteiger partial charge in [0.25, 0.3) is 0 Å². The van der Waals surface area contributed by atoms with Crippen LogP contribution >= 0.6 is 11.6 Å². The fourth-order valence-electron chi connectivity index (χ4n) is 2.54. The molecule has 0 saturated carbocycles. The largest absolute Gasteiger partial charge is 0.356 e. The number of hydrogen-bond donors (Lipinski definition) is 0. The highest BCUT2D eigenvalue weighted by atomic mass is 35.5. The van der Waals surface area contributed by atoms with Gasteiger partial charge >= 0.3 is 0 Å². The Kier molecular flexibility index (Phi) is 4.44. The van der Waals surface area contributed by atoms with Crippen molar-refractivity contribution in [2.75, 3.05) is 18.0 Å². The van der Waals surface area contributed by atoms with Crippen molar-refractivity contribution in [3.63, 3.8) is 0 Å². The van der Waals surface area contributed by atoms with Gasteiger partial charge in [-0.2, -0.15) is 0 Å². The van der Waals surface area contributed by atoms with Crippen LogP contribution in [0.2, 0.25) is 0 Å². The van der Waals surface area contributed by atoms with Gasteiger partial charge in [-0.1, -0.05) is 6.92 Å². The van der Waals surface area contributed by atoms with Gasteiger partial charge in [0.15, 0.2) is 0 Å². The second-order valence-corrected chi connectivity index (χ2v) is 5.81. The second-order valence-electron chi connectivity index (χ2n) is 5.12. The lowest BCUT2D eigenvalue weighted by atomic mass is 9.94. The van der Waals surface area contributed by atoms with Crippen molar-refractivity contribution in [3.05, 3.63) is 17.6 Å². The van der Waals surface area contributed by atoms with E-state index in [4.69, 9.17) is 11.6 Å². The number of halogens is 1. The number of aromatic nitrogens is 2. The minimum atomic E-state index is 0.283. The molecule has 2 rings (SSSR count). The number of piperidine rings is 1. The van der Waals surface area contributed by atoms with Crippen LogP contribution in [0.4, 0.5) is 5.82 Å². The van der Waals surface area contributed by atoms with Crippen molar-refractivity contribution in [3.8, 4) is 0 Å². The molecule has 1 aromatic heterocycles. The molecule has 1 aromatic rings. The summed E-state index contributed by atoms with van der Waals surface area (Å²) < 4.78 is 0. The third-order valence-corrected chi connectivity index (χ3v) is 4.11. The van der Waals surface area contributed by atoms with Gasteiger partial charge in [-0.3, -0.25) is 0 Å². The summed E-state index contributed by atoms with van der Waals surface area (Å²) in [6.07, 6.45) is 3.29. The molecule has 0 N–H and O–H groups in total. The molecule has 1 fully saturated rings. The topological polar surface area (TPSA) is 29.0 Å². The van der Waals surface area contributed by atoms with Crippen LogP contribution in [-0.4, -0.2) is 28.4 Å². The van der Waals surface area contributed by atoms with E-state index in [0.29, 0.717) is 5.92 Å². The number of hydrogen-bond acceptors (Lipinski definition) is 3. The predicted octanol–water partition coefficient (Wildman–Crippen LogP) is 3.19. The quantitative estimate of drug-likeness (QED) is 0.788. The van der Waals surface area contributed by atoms with Gasteiger partial charge in [0, 0.05) is 30.2 Å². The van der Waals surface area contributed by atoms with Gasteiger partial charge < -0.3 is 4.90 Å². The molecule has 1 atom stereocenters. The molecular formula is C14H22ClN3. The summed E-state index contributed by atoms with van der Waals surface area (Å²) in [5.74, 6) is 2.61. The molecule has 3 nitrogen and oxygen atoms in total. The molecule has 0 aliphatic carbocycles. The number of anilines is 1. The van der Waals surface area contributed by atoms with Crippen LogP contribution in [0.15, 0.2) is 6.07 Å². The first-order valence-electron chi connectivity index (χ1n) is 6.83. The Labute approximate surface area is 115 Å². The highest BCUT2D eigenvalue weighted by Gasteiger charge is 2.23. The summed E-state index contributed by atoms with van der Waals surface area (Å²) in [6.45, 7) is 8.32. The number of rotatable bonds is 3. The Bertz CT molecular complexity index is 398. The lowest BCUT2D eigenvalue weighted by Crippen LogP contribution is -2.36. The number of nitrogens with zero attached hydrogens (tertiary/aromatic N) is 3. The SMILES string of the molecule is CCc1cc(N2CCC(C(C)Cl)CC2)nc(C)n1. The van der Waals surface area contributed by atoms with Crippen LogP contribution in [0.1, 0.15) is 38.2 Å². The van der Waals surface area contributed by atoms with Crippen molar-refractivity contribution < 1.29 is 0 Å². The van der Waals surface area contributed by atoms with E-state index >= 15 is 0 Å². The third-order valence-electron chi connectivity index (χ3n) is 3.75. The molecule has 0 aromatic carbocycles. The second kappa shape index (κ2) is 5.87. The van der Waals surface area contributed by atoms with Crippen LogP contribution in [0.25, 0.3) is 0 Å². The highest BCUT2D eigenvalue weighted by molar-refractivity contribution is 6.20. The monoisotopic (exact) mass is 267 g/mol. The van der Waals surface area contributed by atoms with E-state index in [2.05, 4.69) is 34.8 Å². The van der Waals surface area contributed by atoms with Crippen LogP contribution in [0.3, 0.4) is 0 Å². The van der Waals surface area contributed by atoms with Crippen molar-refractivity contribution >= 4 is 17.4 Å². The average Bonchev–Trinajstić information content (AvgIpc) is 2.38. The van der Waals surface area contributed by atoms with Crippen molar-refractivity contribution in [1.82, 2.24) is 9.97 Å². The first kappa shape index (κ1) is 13.6. The first-order chi connectivity index (χ1) is 8.60. The molecular weight excluding hydrogens is 246 g/mol. The van der Waals surface area contributed by atoms with E-state index < -0.39 is 0 Å². The lowest BCUT2D eigenvalue weighted by molar-refractivity contribution is 0.398. The Balaban J connectivity index is 2.07. The Hall–Kier alpha value is -0.830. The van der Waals surface area contributed by atoms with Crippen molar-refractivity contribution in [2.24, 2.45) is 5.92 Å². The van der Waals surface area contributed by atoms with Crippen molar-refractivity contribution in [2.45, 2.75) is 45.4 Å². The molecule has 2 heterocycles. The smallest absolute Gasteiger partial charge is 0.132 e. The van der Waals surface area contributed by atoms with Gasteiger partial charge in [0.2, 0.25) is 0 Å². The number of alkyl halides is 1. The minimum absolute atomic E-state index is 0.283. The summed E-state index contributed by atoms with van der Waals surface area (Å²) in [5, 5.41) is 0.283. The van der Waals surface area contributed by atoms with Crippen LogP contribution in [-0.2, 0) is 6.42 Å². The van der Waals surface area contributed by atoms with Crippen molar-refractivity contribution in [1.29, 1.82) is 0 Å². The molecule has 1 saturated heterocycles.